The topological polar surface area (TPSA) is 18.5 Å². The summed E-state index contributed by atoms with van der Waals surface area (Å²) in [5.41, 5.74) is 0. The van der Waals surface area contributed by atoms with Gasteiger partial charge in [0.25, 0.3) is 0 Å². The van der Waals surface area contributed by atoms with E-state index < -0.39 is 58.0 Å². The zero-order valence-electron chi connectivity index (χ0n) is 28.1. The Hall–Kier alpha value is -2.85. The van der Waals surface area contributed by atoms with Gasteiger partial charge in [-0.25, -0.2) is 41.9 Å². The molecule has 268 valence electrons. The first kappa shape index (κ1) is 46.2. The van der Waals surface area contributed by atoms with Gasteiger partial charge in [0.05, 0.1) is 71.3 Å². The van der Waals surface area contributed by atoms with Crippen molar-refractivity contribution in [3.63, 3.8) is 0 Å². The molecule has 0 N–H and O–H groups in total. The standard InChI is InChI=1S/2C14H17F4O.2C5H5.Ti/c2*1-2-3-4-5-6-7-8-19-14-12(17)10(15)9-11(16)13(14)18;2*1-2-4-5-3-1;/h2*2-8H2,1H3;2*1-3H,4H2;/q4*-1;+4. The Morgan fingerprint density at radius 1 is 0.490 bits per heavy atom. The van der Waals surface area contributed by atoms with Crippen molar-refractivity contribution in [1.82, 2.24) is 0 Å². The Labute approximate surface area is 301 Å². The molecule has 0 unspecified atom stereocenters. The Kier molecular flexibility index (Phi) is 27.3. The first-order valence-corrected chi connectivity index (χ1v) is 16.3. The van der Waals surface area contributed by atoms with Gasteiger partial charge in [-0.2, -0.15) is 12.2 Å². The third kappa shape index (κ3) is 19.8. The molecule has 0 fully saturated rings. The molecule has 2 aliphatic rings. The van der Waals surface area contributed by atoms with E-state index in [9.17, 15) is 35.1 Å². The van der Waals surface area contributed by atoms with Gasteiger partial charge in [0.1, 0.15) is 0 Å². The van der Waals surface area contributed by atoms with E-state index in [2.05, 4.69) is 38.2 Å². The van der Waals surface area contributed by atoms with Crippen LogP contribution in [0.3, 0.4) is 0 Å². The third-order valence-corrected chi connectivity index (χ3v) is 6.67. The summed E-state index contributed by atoms with van der Waals surface area (Å²) in [5, 5.41) is 0. The number of rotatable bonds is 16. The molecule has 4 rings (SSSR count). The van der Waals surface area contributed by atoms with E-state index in [0.717, 1.165) is 77.0 Å². The Morgan fingerprint density at radius 3 is 1.04 bits per heavy atom. The molecule has 0 heterocycles. The summed E-state index contributed by atoms with van der Waals surface area (Å²) < 4.78 is 114. The predicted molar refractivity (Wildman–Crippen MR) is 171 cm³/mol. The van der Waals surface area contributed by atoms with Crippen LogP contribution >= 0.6 is 0 Å². The zero-order valence-corrected chi connectivity index (χ0v) is 29.7. The molecule has 0 aromatic heterocycles. The summed E-state index contributed by atoms with van der Waals surface area (Å²) in [6.45, 7) is 4.26. The summed E-state index contributed by atoms with van der Waals surface area (Å²) in [4.78, 5) is 0. The first-order valence-electron chi connectivity index (χ1n) is 16.3. The molecule has 2 aromatic carbocycles. The normalized spacial score (nSPS) is 12.0. The van der Waals surface area contributed by atoms with Gasteiger partial charge in [-0.15, -0.1) is 25.0 Å². The van der Waals surface area contributed by atoms with Crippen LogP contribution < -0.4 is 9.47 Å². The van der Waals surface area contributed by atoms with E-state index in [1.54, 1.807) is 0 Å². The number of hydrogen-bond acceptors (Lipinski definition) is 2. The largest absolute Gasteiger partial charge is 4.00 e. The van der Waals surface area contributed by atoms with Gasteiger partial charge in [0.15, 0.2) is 0 Å². The summed E-state index contributed by atoms with van der Waals surface area (Å²) in [7, 11) is 0. The smallest absolute Gasteiger partial charge is 0.513 e. The van der Waals surface area contributed by atoms with Crippen LogP contribution in [0, 0.1) is 70.8 Å². The molecular weight excluding hydrogens is 688 g/mol. The van der Waals surface area contributed by atoms with Gasteiger partial charge in [-0.1, -0.05) is 78.1 Å². The van der Waals surface area contributed by atoms with Crippen molar-refractivity contribution in [1.29, 1.82) is 0 Å². The van der Waals surface area contributed by atoms with E-state index in [0.29, 0.717) is 12.8 Å². The van der Waals surface area contributed by atoms with Gasteiger partial charge in [-0.3, -0.25) is 29.7 Å². The number of benzene rings is 2. The van der Waals surface area contributed by atoms with Crippen molar-refractivity contribution in [3.05, 3.63) is 107 Å². The molecule has 0 radical (unpaired) electrons. The molecule has 2 nitrogen and oxygen atoms in total. The Bertz CT molecular complexity index is 1140. The fraction of sp³-hybridized carbons (Fsp3) is 0.474. The first-order chi connectivity index (χ1) is 23.1. The number of allylic oxidation sites excluding steroid dienone is 8. The average Bonchev–Trinajstić information content (AvgIpc) is 3.86. The zero-order chi connectivity index (χ0) is 35.6. The van der Waals surface area contributed by atoms with Crippen molar-refractivity contribution in [2.45, 2.75) is 104 Å². The van der Waals surface area contributed by atoms with Crippen LogP contribution in [0.15, 0.2) is 36.5 Å². The molecule has 0 saturated carbocycles. The predicted octanol–water partition coefficient (Wildman–Crippen LogP) is 12.2. The molecule has 0 atom stereocenters. The number of halogens is 8. The summed E-state index contributed by atoms with van der Waals surface area (Å²) in [5.74, 6) is -14.4. The van der Waals surface area contributed by atoms with Crippen LogP contribution in [0.4, 0.5) is 35.1 Å². The molecule has 2 aliphatic carbocycles. The van der Waals surface area contributed by atoms with Gasteiger partial charge in [0.2, 0.25) is 0 Å². The van der Waals surface area contributed by atoms with E-state index >= 15 is 0 Å². The van der Waals surface area contributed by atoms with Gasteiger partial charge in [-0.05, 0) is 12.8 Å². The molecule has 0 saturated heterocycles. The summed E-state index contributed by atoms with van der Waals surface area (Å²) in [6.07, 6.45) is 31.7. The van der Waals surface area contributed by atoms with Crippen LogP contribution in [0.5, 0.6) is 11.5 Å². The quantitative estimate of drug-likeness (QED) is 0.0563. The van der Waals surface area contributed by atoms with Gasteiger partial charge < -0.3 is 9.47 Å². The monoisotopic (exact) mass is 732 g/mol. The van der Waals surface area contributed by atoms with Crippen LogP contribution in [-0.2, 0) is 21.7 Å². The van der Waals surface area contributed by atoms with Crippen LogP contribution in [0.2, 0.25) is 0 Å². The second-order valence-electron chi connectivity index (χ2n) is 10.7. The fourth-order valence-electron chi connectivity index (χ4n) is 4.05. The van der Waals surface area contributed by atoms with Crippen molar-refractivity contribution < 1.29 is 66.3 Å². The second kappa shape index (κ2) is 28.9. The molecule has 0 bridgehead atoms. The molecule has 0 spiro atoms. The van der Waals surface area contributed by atoms with Crippen molar-refractivity contribution >= 4 is 0 Å². The van der Waals surface area contributed by atoms with Crippen LogP contribution in [0.1, 0.15) is 104 Å². The van der Waals surface area contributed by atoms with Crippen molar-refractivity contribution in [2.75, 3.05) is 13.2 Å². The molecule has 11 heteroatoms. The molecular formula is C38H44F8O2Ti. The number of ether oxygens (including phenoxy) is 2. The van der Waals surface area contributed by atoms with E-state index in [1.807, 2.05) is 24.3 Å². The minimum absolute atomic E-state index is 0. The molecule has 2 aromatic rings. The molecule has 0 aliphatic heterocycles. The van der Waals surface area contributed by atoms with Gasteiger partial charge >= 0.3 is 21.7 Å². The van der Waals surface area contributed by atoms with E-state index in [-0.39, 0.29) is 34.9 Å². The maximum atomic E-state index is 13.2. The Morgan fingerprint density at radius 2 is 0.796 bits per heavy atom. The average molecular weight is 733 g/mol. The van der Waals surface area contributed by atoms with Crippen LogP contribution in [0.25, 0.3) is 0 Å². The third-order valence-electron chi connectivity index (χ3n) is 6.67. The summed E-state index contributed by atoms with van der Waals surface area (Å²) >= 11 is 0. The molecule has 0 amide bonds. The SMILES string of the molecule is CCCCCCCCOc1c(F)c(F)[c-]c(F)c1F.CCCCCCCCOc1c(F)c(F)[c-]c(F)c1F.[C-]1=CC=CC1.[C-]1=CC=CC1.[Ti+4]. The van der Waals surface area contributed by atoms with Crippen LogP contribution in [-0.4, -0.2) is 13.2 Å². The number of unbranched alkanes of at least 4 members (excludes halogenated alkanes) is 10. The maximum absolute atomic E-state index is 13.2. The van der Waals surface area contributed by atoms with Gasteiger partial charge in [0, 0.05) is 0 Å². The van der Waals surface area contributed by atoms with E-state index in [1.165, 1.54) is 12.1 Å². The fourth-order valence-corrected chi connectivity index (χ4v) is 4.05. The van der Waals surface area contributed by atoms with Crippen molar-refractivity contribution in [3.8, 4) is 11.5 Å². The second-order valence-corrected chi connectivity index (χ2v) is 10.7. The van der Waals surface area contributed by atoms with Crippen molar-refractivity contribution in [2.24, 2.45) is 0 Å². The molecule has 49 heavy (non-hydrogen) atoms. The minimum atomic E-state index is -1.57. The van der Waals surface area contributed by atoms with E-state index in [4.69, 9.17) is 9.47 Å². The summed E-state index contributed by atoms with van der Waals surface area (Å²) in [6, 6.07) is 2.62. The Balaban J connectivity index is 0.000000717. The number of hydrogen-bond donors (Lipinski definition) is 0. The maximum Gasteiger partial charge on any atom is 4.00 e. The minimum Gasteiger partial charge on any atom is -0.513 e.